The highest BCUT2D eigenvalue weighted by atomic mass is 32.2. The quantitative estimate of drug-likeness (QED) is 0.873. The number of amides is 1. The summed E-state index contributed by atoms with van der Waals surface area (Å²) in [5, 5.41) is 7.82. The van der Waals surface area contributed by atoms with Crippen LogP contribution in [0.1, 0.15) is 32.2 Å². The highest BCUT2D eigenvalue weighted by molar-refractivity contribution is 7.99. The monoisotopic (exact) mass is 293 g/mol. The predicted octanol–water partition coefficient (Wildman–Crippen LogP) is 1.75. The van der Waals surface area contributed by atoms with Crippen LogP contribution in [0.5, 0.6) is 0 Å². The minimum atomic E-state index is -0.223. The minimum Gasteiger partial charge on any atom is -0.351 e. The van der Waals surface area contributed by atoms with Crippen molar-refractivity contribution in [3.05, 3.63) is 17.5 Å². The number of carbonyl (C=O) groups is 1. The summed E-state index contributed by atoms with van der Waals surface area (Å²) in [4.78, 5) is 20.4. The van der Waals surface area contributed by atoms with Crippen LogP contribution in [0.4, 0.5) is 0 Å². The zero-order chi connectivity index (χ0) is 14.9. The van der Waals surface area contributed by atoms with E-state index in [1.807, 2.05) is 40.7 Å². The number of aryl methyl sites for hydroxylation is 2. The third-order valence-corrected chi connectivity index (χ3v) is 3.28. The Hall–Kier alpha value is -1.63. The smallest absolute Gasteiger partial charge is 0.253 e. The zero-order valence-electron chi connectivity index (χ0n) is 12.4. The molecule has 1 N–H and O–H groups in total. The molecule has 0 saturated heterocycles. The van der Waals surface area contributed by atoms with Gasteiger partial charge in [-0.1, -0.05) is 11.8 Å². The molecule has 1 amide bonds. The van der Waals surface area contributed by atoms with Gasteiger partial charge in [-0.3, -0.25) is 4.79 Å². The SMILES string of the molecule is Cc1cc(C)n2nc(SCC(=O)NC(C)(C)C)nc2n1. The molecule has 0 radical (unpaired) electrons. The molecule has 0 spiro atoms. The Balaban J connectivity index is 2.08. The summed E-state index contributed by atoms with van der Waals surface area (Å²) in [6.07, 6.45) is 0. The van der Waals surface area contributed by atoms with Crippen LogP contribution in [0.2, 0.25) is 0 Å². The summed E-state index contributed by atoms with van der Waals surface area (Å²) in [6.45, 7) is 9.74. The van der Waals surface area contributed by atoms with Gasteiger partial charge in [0.2, 0.25) is 11.1 Å². The van der Waals surface area contributed by atoms with Gasteiger partial charge in [0.15, 0.2) is 0 Å². The first-order valence-corrected chi connectivity index (χ1v) is 7.38. The molecular formula is C13H19N5OS. The first-order valence-electron chi connectivity index (χ1n) is 6.39. The van der Waals surface area contributed by atoms with E-state index >= 15 is 0 Å². The minimum absolute atomic E-state index is 0.0257. The lowest BCUT2D eigenvalue weighted by Crippen LogP contribution is -2.41. The lowest BCUT2D eigenvalue weighted by Gasteiger charge is -2.19. The number of thioether (sulfide) groups is 1. The Morgan fingerprint density at radius 1 is 1.35 bits per heavy atom. The summed E-state index contributed by atoms with van der Waals surface area (Å²) in [5.41, 5.74) is 1.66. The molecule has 0 bridgehead atoms. The van der Waals surface area contributed by atoms with Gasteiger partial charge in [0.1, 0.15) is 0 Å². The van der Waals surface area contributed by atoms with Crippen molar-refractivity contribution in [3.8, 4) is 0 Å². The van der Waals surface area contributed by atoms with Crippen molar-refractivity contribution in [1.82, 2.24) is 24.9 Å². The van der Waals surface area contributed by atoms with Crippen molar-refractivity contribution in [2.75, 3.05) is 5.75 Å². The van der Waals surface area contributed by atoms with Gasteiger partial charge in [0.05, 0.1) is 5.75 Å². The third kappa shape index (κ3) is 3.69. The lowest BCUT2D eigenvalue weighted by molar-refractivity contribution is -0.119. The third-order valence-electron chi connectivity index (χ3n) is 2.45. The van der Waals surface area contributed by atoms with Crippen molar-refractivity contribution < 1.29 is 4.79 Å². The maximum Gasteiger partial charge on any atom is 0.253 e. The average Bonchev–Trinajstić information content (AvgIpc) is 2.67. The van der Waals surface area contributed by atoms with E-state index in [9.17, 15) is 4.79 Å². The lowest BCUT2D eigenvalue weighted by atomic mass is 10.1. The highest BCUT2D eigenvalue weighted by Gasteiger charge is 2.15. The zero-order valence-corrected chi connectivity index (χ0v) is 13.2. The normalized spacial score (nSPS) is 11.8. The highest BCUT2D eigenvalue weighted by Crippen LogP contribution is 2.15. The molecular weight excluding hydrogens is 274 g/mol. The van der Waals surface area contributed by atoms with Crippen LogP contribution < -0.4 is 5.32 Å². The Labute approximate surface area is 122 Å². The number of nitrogens with one attached hydrogen (secondary N) is 1. The maximum atomic E-state index is 11.8. The first-order chi connectivity index (χ1) is 9.24. The van der Waals surface area contributed by atoms with Gasteiger partial charge >= 0.3 is 0 Å². The standard InChI is InChI=1S/C13H19N5OS/c1-8-6-9(2)18-11(14-8)15-12(17-18)20-7-10(19)16-13(3,4)5/h6H,7H2,1-5H3,(H,16,19). The number of aromatic nitrogens is 4. The molecule has 0 saturated carbocycles. The largest absolute Gasteiger partial charge is 0.351 e. The van der Waals surface area contributed by atoms with E-state index in [4.69, 9.17) is 0 Å². The fourth-order valence-corrected chi connectivity index (χ4v) is 2.41. The molecule has 2 rings (SSSR count). The molecule has 2 heterocycles. The van der Waals surface area contributed by atoms with Gasteiger partial charge in [0.25, 0.3) is 5.78 Å². The number of hydrogen-bond donors (Lipinski definition) is 1. The Bertz CT molecular complexity index is 644. The van der Waals surface area contributed by atoms with E-state index in [1.54, 1.807) is 4.52 Å². The number of fused-ring (bicyclic) bond motifs is 1. The number of rotatable bonds is 3. The van der Waals surface area contributed by atoms with Gasteiger partial charge in [-0.15, -0.1) is 5.10 Å². The average molecular weight is 293 g/mol. The molecule has 0 aliphatic rings. The molecule has 0 aliphatic heterocycles. The number of hydrogen-bond acceptors (Lipinski definition) is 5. The molecule has 0 unspecified atom stereocenters. The van der Waals surface area contributed by atoms with E-state index < -0.39 is 0 Å². The van der Waals surface area contributed by atoms with Crippen LogP contribution in [-0.4, -0.2) is 36.8 Å². The van der Waals surface area contributed by atoms with E-state index in [1.165, 1.54) is 11.8 Å². The van der Waals surface area contributed by atoms with Crippen LogP contribution in [-0.2, 0) is 4.79 Å². The summed E-state index contributed by atoms with van der Waals surface area (Å²) < 4.78 is 1.69. The Morgan fingerprint density at radius 2 is 2.05 bits per heavy atom. The van der Waals surface area contributed by atoms with Gasteiger partial charge in [0, 0.05) is 16.9 Å². The molecule has 0 atom stereocenters. The maximum absolute atomic E-state index is 11.8. The topological polar surface area (TPSA) is 72.2 Å². The number of carbonyl (C=O) groups excluding carboxylic acids is 1. The molecule has 0 fully saturated rings. The summed E-state index contributed by atoms with van der Waals surface area (Å²) in [6, 6.07) is 1.95. The molecule has 6 nitrogen and oxygen atoms in total. The van der Waals surface area contributed by atoms with Crippen molar-refractivity contribution in [2.24, 2.45) is 0 Å². The van der Waals surface area contributed by atoms with E-state index in [-0.39, 0.29) is 11.4 Å². The van der Waals surface area contributed by atoms with E-state index in [0.717, 1.165) is 11.4 Å². The second kappa shape index (κ2) is 5.40. The van der Waals surface area contributed by atoms with E-state index in [0.29, 0.717) is 16.7 Å². The Morgan fingerprint density at radius 3 is 2.70 bits per heavy atom. The van der Waals surface area contributed by atoms with Gasteiger partial charge in [-0.2, -0.15) is 4.98 Å². The summed E-state index contributed by atoms with van der Waals surface area (Å²) in [5.74, 6) is 0.843. The Kier molecular flexibility index (Phi) is 3.99. The van der Waals surface area contributed by atoms with Gasteiger partial charge in [-0.25, -0.2) is 9.50 Å². The number of nitrogens with zero attached hydrogens (tertiary/aromatic N) is 4. The van der Waals surface area contributed by atoms with Crippen molar-refractivity contribution in [2.45, 2.75) is 45.3 Å². The molecule has 7 heteroatoms. The fourth-order valence-electron chi connectivity index (χ4n) is 1.79. The first kappa shape index (κ1) is 14.8. The molecule has 2 aromatic rings. The summed E-state index contributed by atoms with van der Waals surface area (Å²) in [7, 11) is 0. The molecule has 108 valence electrons. The summed E-state index contributed by atoms with van der Waals surface area (Å²) >= 11 is 1.31. The van der Waals surface area contributed by atoms with Crippen LogP contribution in [0.25, 0.3) is 5.78 Å². The van der Waals surface area contributed by atoms with Gasteiger partial charge in [-0.05, 0) is 40.7 Å². The van der Waals surface area contributed by atoms with Crippen molar-refractivity contribution in [1.29, 1.82) is 0 Å². The van der Waals surface area contributed by atoms with Gasteiger partial charge < -0.3 is 5.32 Å². The van der Waals surface area contributed by atoms with Crippen molar-refractivity contribution >= 4 is 23.4 Å². The second-order valence-corrected chi connectivity index (χ2v) is 6.67. The molecule has 2 aromatic heterocycles. The predicted molar refractivity (Wildman–Crippen MR) is 78.9 cm³/mol. The molecule has 0 aromatic carbocycles. The van der Waals surface area contributed by atoms with E-state index in [2.05, 4.69) is 20.4 Å². The van der Waals surface area contributed by atoms with Crippen LogP contribution in [0.3, 0.4) is 0 Å². The second-order valence-electron chi connectivity index (χ2n) is 5.73. The van der Waals surface area contributed by atoms with Crippen LogP contribution >= 0.6 is 11.8 Å². The van der Waals surface area contributed by atoms with Crippen LogP contribution in [0.15, 0.2) is 11.2 Å². The molecule has 20 heavy (non-hydrogen) atoms. The van der Waals surface area contributed by atoms with Crippen LogP contribution in [0, 0.1) is 13.8 Å². The molecule has 0 aliphatic carbocycles. The fraction of sp³-hybridized carbons (Fsp3) is 0.538. The van der Waals surface area contributed by atoms with Crippen molar-refractivity contribution in [3.63, 3.8) is 0 Å².